The SMILES string of the molecule is O=C([C@H]1CCCO1)N1CCc2c(nc(-c3ccccn3)[nH]c2=O)C1. The van der Waals surface area contributed by atoms with Gasteiger partial charge in [0.1, 0.15) is 11.8 Å². The molecule has 2 aliphatic heterocycles. The average Bonchev–Trinajstić information content (AvgIpc) is 3.16. The zero-order valence-corrected chi connectivity index (χ0v) is 13.2. The van der Waals surface area contributed by atoms with Gasteiger partial charge in [-0.3, -0.25) is 14.6 Å². The maximum atomic E-state index is 12.5. The van der Waals surface area contributed by atoms with Gasteiger partial charge in [0.25, 0.3) is 11.5 Å². The van der Waals surface area contributed by atoms with E-state index in [-0.39, 0.29) is 17.6 Å². The molecule has 0 radical (unpaired) electrons. The molecule has 1 fully saturated rings. The Morgan fingerprint density at radius 3 is 3.04 bits per heavy atom. The fourth-order valence-corrected chi connectivity index (χ4v) is 3.23. The number of aromatic nitrogens is 3. The number of nitrogens with zero attached hydrogens (tertiary/aromatic N) is 3. The normalized spacial score (nSPS) is 20.0. The number of carbonyl (C=O) groups excluding carboxylic acids is 1. The van der Waals surface area contributed by atoms with Crippen LogP contribution in [-0.2, 0) is 22.5 Å². The van der Waals surface area contributed by atoms with Crippen LogP contribution in [0.2, 0.25) is 0 Å². The van der Waals surface area contributed by atoms with Gasteiger partial charge in [-0.1, -0.05) is 6.07 Å². The molecule has 0 spiro atoms. The Balaban J connectivity index is 1.63. The largest absolute Gasteiger partial charge is 0.368 e. The number of fused-ring (bicyclic) bond motifs is 1. The fourth-order valence-electron chi connectivity index (χ4n) is 3.23. The highest BCUT2D eigenvalue weighted by molar-refractivity contribution is 5.81. The summed E-state index contributed by atoms with van der Waals surface area (Å²) < 4.78 is 5.48. The van der Waals surface area contributed by atoms with Crippen molar-refractivity contribution in [2.45, 2.75) is 31.9 Å². The van der Waals surface area contributed by atoms with Crippen molar-refractivity contribution in [2.24, 2.45) is 0 Å². The summed E-state index contributed by atoms with van der Waals surface area (Å²) in [5.41, 5.74) is 1.77. The van der Waals surface area contributed by atoms with Crippen LogP contribution in [0.4, 0.5) is 0 Å². The molecule has 124 valence electrons. The highest BCUT2D eigenvalue weighted by Crippen LogP contribution is 2.21. The van der Waals surface area contributed by atoms with E-state index >= 15 is 0 Å². The lowest BCUT2D eigenvalue weighted by Crippen LogP contribution is -2.43. The van der Waals surface area contributed by atoms with Gasteiger partial charge >= 0.3 is 0 Å². The van der Waals surface area contributed by atoms with Crippen LogP contribution >= 0.6 is 0 Å². The van der Waals surface area contributed by atoms with Gasteiger partial charge in [-0.15, -0.1) is 0 Å². The van der Waals surface area contributed by atoms with E-state index < -0.39 is 0 Å². The first-order valence-electron chi connectivity index (χ1n) is 8.16. The highest BCUT2D eigenvalue weighted by atomic mass is 16.5. The second kappa shape index (κ2) is 6.16. The Morgan fingerprint density at radius 1 is 1.38 bits per heavy atom. The van der Waals surface area contributed by atoms with Gasteiger partial charge in [-0.05, 0) is 31.4 Å². The van der Waals surface area contributed by atoms with Crippen molar-refractivity contribution in [1.82, 2.24) is 19.9 Å². The molecule has 0 aromatic carbocycles. The molecule has 4 rings (SSSR count). The topological polar surface area (TPSA) is 88.2 Å². The van der Waals surface area contributed by atoms with Crippen LogP contribution in [0, 0.1) is 0 Å². The van der Waals surface area contributed by atoms with E-state index in [9.17, 15) is 9.59 Å². The zero-order chi connectivity index (χ0) is 16.5. The van der Waals surface area contributed by atoms with Crippen molar-refractivity contribution in [3.63, 3.8) is 0 Å². The first-order valence-corrected chi connectivity index (χ1v) is 8.16. The summed E-state index contributed by atoms with van der Waals surface area (Å²) in [4.78, 5) is 38.2. The molecule has 2 aliphatic rings. The van der Waals surface area contributed by atoms with Gasteiger partial charge < -0.3 is 14.6 Å². The molecule has 0 aliphatic carbocycles. The maximum Gasteiger partial charge on any atom is 0.254 e. The van der Waals surface area contributed by atoms with E-state index in [0.717, 1.165) is 12.8 Å². The molecule has 7 nitrogen and oxygen atoms in total. The van der Waals surface area contributed by atoms with E-state index in [0.29, 0.717) is 48.9 Å². The third kappa shape index (κ3) is 2.71. The molecule has 24 heavy (non-hydrogen) atoms. The minimum Gasteiger partial charge on any atom is -0.368 e. The minimum atomic E-state index is -0.344. The van der Waals surface area contributed by atoms with Gasteiger partial charge in [-0.25, -0.2) is 4.98 Å². The molecule has 7 heteroatoms. The lowest BCUT2D eigenvalue weighted by atomic mass is 10.1. The van der Waals surface area contributed by atoms with Crippen molar-refractivity contribution in [2.75, 3.05) is 13.2 Å². The molecule has 0 bridgehead atoms. The van der Waals surface area contributed by atoms with Crippen LogP contribution in [0.5, 0.6) is 0 Å². The van der Waals surface area contributed by atoms with Crippen LogP contribution in [0.3, 0.4) is 0 Å². The summed E-state index contributed by atoms with van der Waals surface area (Å²) in [6, 6.07) is 5.44. The van der Waals surface area contributed by atoms with Crippen LogP contribution in [0.25, 0.3) is 11.5 Å². The molecule has 4 heterocycles. The molecule has 1 N–H and O–H groups in total. The minimum absolute atomic E-state index is 0.000354. The van der Waals surface area contributed by atoms with Crippen molar-refractivity contribution in [3.05, 3.63) is 46.0 Å². The van der Waals surface area contributed by atoms with Gasteiger partial charge in [0.2, 0.25) is 0 Å². The molecule has 1 atom stereocenters. The molecular formula is C17H18N4O3. The van der Waals surface area contributed by atoms with Crippen LogP contribution in [-0.4, -0.2) is 45.0 Å². The second-order valence-corrected chi connectivity index (χ2v) is 6.07. The third-order valence-corrected chi connectivity index (χ3v) is 4.50. The molecule has 0 saturated carbocycles. The number of H-pyrrole nitrogens is 1. The van der Waals surface area contributed by atoms with Gasteiger partial charge in [-0.2, -0.15) is 0 Å². The van der Waals surface area contributed by atoms with E-state index in [1.165, 1.54) is 0 Å². The molecule has 0 unspecified atom stereocenters. The predicted octanol–water partition coefficient (Wildman–Crippen LogP) is 0.896. The number of aromatic amines is 1. The van der Waals surface area contributed by atoms with Crippen LogP contribution < -0.4 is 5.56 Å². The summed E-state index contributed by atoms with van der Waals surface area (Å²) in [6.07, 6.45) is 3.51. The molecule has 1 saturated heterocycles. The average molecular weight is 326 g/mol. The second-order valence-electron chi connectivity index (χ2n) is 6.07. The molecule has 1 amide bonds. The number of carbonyl (C=O) groups is 1. The quantitative estimate of drug-likeness (QED) is 0.886. The standard InChI is InChI=1S/C17H18N4O3/c22-16-11-6-8-21(17(23)14-5-3-9-24-14)10-13(11)19-15(20-16)12-4-1-2-7-18-12/h1-2,4,7,14H,3,5-6,8-10H2,(H,19,20,22)/t14-/m1/s1. The van der Waals surface area contributed by atoms with E-state index in [1.807, 2.05) is 12.1 Å². The number of pyridine rings is 1. The van der Waals surface area contributed by atoms with Crippen molar-refractivity contribution in [1.29, 1.82) is 0 Å². The lowest BCUT2D eigenvalue weighted by molar-refractivity contribution is -0.141. The number of rotatable bonds is 2. The van der Waals surface area contributed by atoms with E-state index in [4.69, 9.17) is 4.74 Å². The Morgan fingerprint density at radius 2 is 2.29 bits per heavy atom. The summed E-state index contributed by atoms with van der Waals surface area (Å²) in [7, 11) is 0. The summed E-state index contributed by atoms with van der Waals surface area (Å²) in [5, 5.41) is 0. The number of hydrogen-bond acceptors (Lipinski definition) is 5. The molecule has 2 aromatic rings. The Bertz CT molecular complexity index is 812. The molecular weight excluding hydrogens is 308 g/mol. The smallest absolute Gasteiger partial charge is 0.254 e. The number of hydrogen-bond donors (Lipinski definition) is 1. The Kier molecular flexibility index (Phi) is 3.86. The van der Waals surface area contributed by atoms with Gasteiger partial charge in [0, 0.05) is 24.9 Å². The summed E-state index contributed by atoms with van der Waals surface area (Å²) in [5.74, 6) is 0.436. The third-order valence-electron chi connectivity index (χ3n) is 4.50. The van der Waals surface area contributed by atoms with Gasteiger partial charge in [0.15, 0.2) is 5.82 Å². The van der Waals surface area contributed by atoms with Gasteiger partial charge in [0.05, 0.1) is 12.2 Å². The van der Waals surface area contributed by atoms with E-state index in [1.54, 1.807) is 17.2 Å². The maximum absolute atomic E-state index is 12.5. The Labute approximate surface area is 138 Å². The summed E-state index contributed by atoms with van der Waals surface area (Å²) >= 11 is 0. The highest BCUT2D eigenvalue weighted by Gasteiger charge is 2.31. The van der Waals surface area contributed by atoms with Crippen molar-refractivity contribution < 1.29 is 9.53 Å². The monoisotopic (exact) mass is 326 g/mol. The van der Waals surface area contributed by atoms with Crippen molar-refractivity contribution >= 4 is 5.91 Å². The number of nitrogens with one attached hydrogen (secondary N) is 1. The predicted molar refractivity (Wildman–Crippen MR) is 86.2 cm³/mol. The fraction of sp³-hybridized carbons (Fsp3) is 0.412. The van der Waals surface area contributed by atoms with Crippen LogP contribution in [0.1, 0.15) is 24.1 Å². The van der Waals surface area contributed by atoms with Crippen molar-refractivity contribution in [3.8, 4) is 11.5 Å². The summed E-state index contributed by atoms with van der Waals surface area (Å²) in [6.45, 7) is 1.51. The zero-order valence-electron chi connectivity index (χ0n) is 13.2. The number of amides is 1. The van der Waals surface area contributed by atoms with E-state index in [2.05, 4.69) is 15.0 Å². The lowest BCUT2D eigenvalue weighted by Gasteiger charge is -2.29. The first kappa shape index (κ1) is 15.0. The Hall–Kier alpha value is -2.54. The molecule has 2 aromatic heterocycles. The first-order chi connectivity index (χ1) is 11.7. The number of ether oxygens (including phenoxy) is 1. The van der Waals surface area contributed by atoms with Crippen LogP contribution in [0.15, 0.2) is 29.2 Å².